The van der Waals surface area contributed by atoms with E-state index in [4.69, 9.17) is 15.2 Å². The zero-order chi connectivity index (χ0) is 20.3. The molecule has 1 aliphatic rings. The molecule has 3 N–H and O–H groups in total. The molecule has 0 saturated heterocycles. The fourth-order valence-corrected chi connectivity index (χ4v) is 3.52. The second-order valence-corrected chi connectivity index (χ2v) is 6.88. The number of ether oxygens (including phenoxy) is 2. The van der Waals surface area contributed by atoms with Crippen LogP contribution in [0.15, 0.2) is 90.4 Å². The van der Waals surface area contributed by atoms with Gasteiger partial charge < -0.3 is 20.5 Å². The number of amidine groups is 1. The molecule has 0 spiro atoms. The number of nitrogens with two attached hydrogens (primary N) is 1. The predicted molar refractivity (Wildman–Crippen MR) is 117 cm³/mol. The maximum Gasteiger partial charge on any atom is 0.283 e. The Hall–Kier alpha value is -3.73. The quantitative estimate of drug-likeness (QED) is 0.661. The van der Waals surface area contributed by atoms with Gasteiger partial charge in [-0.15, -0.1) is 0 Å². The molecule has 0 fully saturated rings. The summed E-state index contributed by atoms with van der Waals surface area (Å²) in [5.74, 6) is 0.787. The Kier molecular flexibility index (Phi) is 4.96. The molecule has 0 aliphatic carbocycles. The standard InChI is InChI=1S/C24H23N3O2/c1-17(18-8-6-13-22(14-18)28-2)26-21-12-7-11-20(15-21)24(16-29-23(25)27-24)19-9-4-3-5-10-19/h3-15,26H,1,16H2,2H3,(H2,25,27). The highest BCUT2D eigenvalue weighted by Crippen LogP contribution is 2.38. The van der Waals surface area contributed by atoms with Gasteiger partial charge in [-0.05, 0) is 35.4 Å². The van der Waals surface area contributed by atoms with E-state index in [0.29, 0.717) is 6.61 Å². The molecule has 5 nitrogen and oxygen atoms in total. The van der Waals surface area contributed by atoms with Crippen LogP contribution in [0.4, 0.5) is 5.69 Å². The van der Waals surface area contributed by atoms with Gasteiger partial charge in [0.05, 0.1) is 7.11 Å². The van der Waals surface area contributed by atoms with E-state index in [1.165, 1.54) is 0 Å². The largest absolute Gasteiger partial charge is 0.497 e. The molecule has 0 radical (unpaired) electrons. The fourth-order valence-electron chi connectivity index (χ4n) is 3.52. The van der Waals surface area contributed by atoms with Crippen LogP contribution in [-0.2, 0) is 10.3 Å². The monoisotopic (exact) mass is 385 g/mol. The Balaban J connectivity index is 1.66. The Bertz CT molecular complexity index is 1060. The first kappa shape index (κ1) is 18.6. The van der Waals surface area contributed by atoms with E-state index in [2.05, 4.69) is 23.0 Å². The zero-order valence-corrected chi connectivity index (χ0v) is 16.3. The molecular formula is C24H23N3O2. The molecular weight excluding hydrogens is 362 g/mol. The van der Waals surface area contributed by atoms with Gasteiger partial charge in [0.1, 0.15) is 12.4 Å². The van der Waals surface area contributed by atoms with Crippen LogP contribution in [0.25, 0.3) is 5.70 Å². The Morgan fingerprint density at radius 3 is 2.52 bits per heavy atom. The highest BCUT2D eigenvalue weighted by Gasteiger charge is 2.40. The van der Waals surface area contributed by atoms with E-state index < -0.39 is 5.54 Å². The normalized spacial score (nSPS) is 17.9. The molecule has 146 valence electrons. The smallest absolute Gasteiger partial charge is 0.283 e. The van der Waals surface area contributed by atoms with E-state index in [9.17, 15) is 0 Å². The van der Waals surface area contributed by atoms with Gasteiger partial charge in [0, 0.05) is 16.9 Å². The molecule has 3 aromatic carbocycles. The number of aliphatic imine (C=N–C) groups is 1. The van der Waals surface area contributed by atoms with Crippen molar-refractivity contribution in [3.63, 3.8) is 0 Å². The minimum Gasteiger partial charge on any atom is -0.497 e. The molecule has 0 saturated carbocycles. The van der Waals surface area contributed by atoms with Crippen LogP contribution in [0, 0.1) is 0 Å². The average molecular weight is 385 g/mol. The van der Waals surface area contributed by atoms with E-state index >= 15 is 0 Å². The lowest BCUT2D eigenvalue weighted by atomic mass is 9.84. The topological polar surface area (TPSA) is 68.9 Å². The van der Waals surface area contributed by atoms with Gasteiger partial charge in [0.15, 0.2) is 5.54 Å². The maximum absolute atomic E-state index is 5.89. The maximum atomic E-state index is 5.89. The van der Waals surface area contributed by atoms with E-state index in [-0.39, 0.29) is 6.02 Å². The molecule has 3 aromatic rings. The summed E-state index contributed by atoms with van der Waals surface area (Å²) in [6, 6.07) is 26.1. The van der Waals surface area contributed by atoms with Crippen LogP contribution in [-0.4, -0.2) is 19.7 Å². The summed E-state index contributed by atoms with van der Waals surface area (Å²) in [5.41, 5.74) is 9.90. The number of nitrogens with one attached hydrogen (secondary N) is 1. The van der Waals surface area contributed by atoms with Crippen molar-refractivity contribution in [2.24, 2.45) is 10.7 Å². The number of rotatable bonds is 6. The molecule has 0 amide bonds. The first-order valence-corrected chi connectivity index (χ1v) is 9.35. The second-order valence-electron chi connectivity index (χ2n) is 6.88. The second kappa shape index (κ2) is 7.72. The van der Waals surface area contributed by atoms with Gasteiger partial charge >= 0.3 is 0 Å². The van der Waals surface area contributed by atoms with Gasteiger partial charge in [0.2, 0.25) is 0 Å². The summed E-state index contributed by atoms with van der Waals surface area (Å²) in [7, 11) is 1.65. The third kappa shape index (κ3) is 3.67. The molecule has 1 unspecified atom stereocenters. The molecule has 0 bridgehead atoms. The van der Waals surface area contributed by atoms with E-state index in [0.717, 1.165) is 33.8 Å². The highest BCUT2D eigenvalue weighted by atomic mass is 16.5. The van der Waals surface area contributed by atoms with E-state index in [1.54, 1.807) is 7.11 Å². The molecule has 29 heavy (non-hydrogen) atoms. The fraction of sp³-hybridized carbons (Fsp3) is 0.125. The van der Waals surface area contributed by atoms with Crippen molar-refractivity contribution >= 4 is 17.4 Å². The lowest BCUT2D eigenvalue weighted by Crippen LogP contribution is -2.27. The summed E-state index contributed by atoms with van der Waals surface area (Å²) in [6.07, 6.45) is 0. The summed E-state index contributed by atoms with van der Waals surface area (Å²) in [5, 5.41) is 3.38. The van der Waals surface area contributed by atoms with Crippen LogP contribution >= 0.6 is 0 Å². The van der Waals surface area contributed by atoms with Crippen LogP contribution in [0.5, 0.6) is 5.75 Å². The van der Waals surface area contributed by atoms with Crippen LogP contribution < -0.4 is 15.8 Å². The van der Waals surface area contributed by atoms with Gasteiger partial charge in [0.25, 0.3) is 6.02 Å². The summed E-state index contributed by atoms with van der Waals surface area (Å²) in [6.45, 7) is 4.54. The third-order valence-electron chi connectivity index (χ3n) is 5.03. The van der Waals surface area contributed by atoms with Gasteiger partial charge in [-0.1, -0.05) is 61.2 Å². The van der Waals surface area contributed by atoms with Gasteiger partial charge in [-0.3, -0.25) is 0 Å². The molecule has 1 atom stereocenters. The van der Waals surface area contributed by atoms with Crippen LogP contribution in [0.2, 0.25) is 0 Å². The lowest BCUT2D eigenvalue weighted by molar-refractivity contribution is 0.278. The van der Waals surface area contributed by atoms with Crippen molar-refractivity contribution in [2.75, 3.05) is 19.0 Å². The minimum absolute atomic E-state index is 0.202. The number of hydrogen-bond acceptors (Lipinski definition) is 5. The van der Waals surface area contributed by atoms with Crippen molar-refractivity contribution < 1.29 is 9.47 Å². The first-order chi connectivity index (χ1) is 14.1. The third-order valence-corrected chi connectivity index (χ3v) is 5.03. The molecule has 4 rings (SSSR count). The predicted octanol–water partition coefficient (Wildman–Crippen LogP) is 4.37. The highest BCUT2D eigenvalue weighted by molar-refractivity contribution is 5.77. The summed E-state index contributed by atoms with van der Waals surface area (Å²) < 4.78 is 10.9. The molecule has 0 aromatic heterocycles. The van der Waals surface area contributed by atoms with Gasteiger partial charge in [-0.25, -0.2) is 4.99 Å². The molecule has 1 aliphatic heterocycles. The van der Waals surface area contributed by atoms with Crippen LogP contribution in [0.3, 0.4) is 0 Å². The SMILES string of the molecule is C=C(Nc1cccc(C2(c3ccccc3)COC(N)=N2)c1)c1cccc(OC)c1. The Morgan fingerprint density at radius 1 is 1.03 bits per heavy atom. The molecule has 5 heteroatoms. The zero-order valence-electron chi connectivity index (χ0n) is 16.3. The van der Waals surface area contributed by atoms with Crippen molar-refractivity contribution in [3.05, 3.63) is 102 Å². The number of methoxy groups -OCH3 is 1. The van der Waals surface area contributed by atoms with Crippen molar-refractivity contribution in [2.45, 2.75) is 5.54 Å². The van der Waals surface area contributed by atoms with Crippen LogP contribution in [0.1, 0.15) is 16.7 Å². The Labute approximate surface area is 170 Å². The lowest BCUT2D eigenvalue weighted by Gasteiger charge is -2.26. The minimum atomic E-state index is -0.666. The summed E-state index contributed by atoms with van der Waals surface area (Å²) >= 11 is 0. The summed E-state index contributed by atoms with van der Waals surface area (Å²) in [4.78, 5) is 4.67. The van der Waals surface area contributed by atoms with Crippen molar-refractivity contribution in [3.8, 4) is 5.75 Å². The number of hydrogen-bond donors (Lipinski definition) is 2. The molecule has 1 heterocycles. The average Bonchev–Trinajstić information content (AvgIpc) is 3.17. The van der Waals surface area contributed by atoms with E-state index in [1.807, 2.05) is 72.8 Å². The van der Waals surface area contributed by atoms with Crippen molar-refractivity contribution in [1.29, 1.82) is 0 Å². The number of anilines is 1. The first-order valence-electron chi connectivity index (χ1n) is 9.35. The van der Waals surface area contributed by atoms with Crippen molar-refractivity contribution in [1.82, 2.24) is 0 Å². The number of benzene rings is 3. The number of nitrogens with zero attached hydrogens (tertiary/aromatic N) is 1. The van der Waals surface area contributed by atoms with Gasteiger partial charge in [-0.2, -0.15) is 0 Å². The Morgan fingerprint density at radius 2 is 1.79 bits per heavy atom.